The highest BCUT2D eigenvalue weighted by molar-refractivity contribution is 7.17. The van der Waals surface area contributed by atoms with Crippen molar-refractivity contribution in [1.82, 2.24) is 5.32 Å². The van der Waals surface area contributed by atoms with Crippen molar-refractivity contribution in [3.8, 4) is 16.2 Å². The van der Waals surface area contributed by atoms with E-state index in [2.05, 4.69) is 5.32 Å². The first-order valence-electron chi connectivity index (χ1n) is 8.74. The molecule has 0 fully saturated rings. The van der Waals surface area contributed by atoms with Gasteiger partial charge in [-0.25, -0.2) is 0 Å². The SMILES string of the molecule is CC(=O)c1ccc(-c2ccc(OCCNC(=O)/C=C/C(N)=C/C=C\N)c(Cl)c2)s1. The minimum Gasteiger partial charge on any atom is -0.490 e. The highest BCUT2D eigenvalue weighted by Crippen LogP contribution is 2.34. The zero-order chi connectivity index (χ0) is 21.2. The third-order valence-electron chi connectivity index (χ3n) is 3.66. The predicted octanol–water partition coefficient (Wildman–Crippen LogP) is 3.64. The van der Waals surface area contributed by atoms with Crippen molar-refractivity contribution in [3.63, 3.8) is 0 Å². The average molecular weight is 432 g/mol. The number of hydrogen-bond acceptors (Lipinski definition) is 6. The molecule has 5 N–H and O–H groups in total. The molecule has 2 aromatic rings. The molecule has 1 heterocycles. The van der Waals surface area contributed by atoms with E-state index in [4.69, 9.17) is 27.8 Å². The summed E-state index contributed by atoms with van der Waals surface area (Å²) in [5.41, 5.74) is 12.2. The van der Waals surface area contributed by atoms with Crippen LogP contribution in [0.1, 0.15) is 16.6 Å². The molecule has 29 heavy (non-hydrogen) atoms. The fourth-order valence-electron chi connectivity index (χ4n) is 2.24. The summed E-state index contributed by atoms with van der Waals surface area (Å²) in [6, 6.07) is 9.13. The number of carbonyl (C=O) groups is 2. The fraction of sp³-hybridized carbons (Fsp3) is 0.143. The number of amides is 1. The Kier molecular flexibility index (Phi) is 8.51. The van der Waals surface area contributed by atoms with Gasteiger partial charge in [0, 0.05) is 16.7 Å². The quantitative estimate of drug-likeness (QED) is 0.243. The van der Waals surface area contributed by atoms with Crippen molar-refractivity contribution in [2.45, 2.75) is 6.92 Å². The van der Waals surface area contributed by atoms with Crippen LogP contribution in [0, 0.1) is 0 Å². The molecule has 0 radical (unpaired) electrons. The molecule has 0 atom stereocenters. The minimum absolute atomic E-state index is 0.0373. The summed E-state index contributed by atoms with van der Waals surface area (Å²) in [5, 5.41) is 3.14. The lowest BCUT2D eigenvalue weighted by Crippen LogP contribution is -2.26. The maximum absolute atomic E-state index is 11.7. The van der Waals surface area contributed by atoms with Crippen LogP contribution in [0.4, 0.5) is 0 Å². The molecule has 0 saturated carbocycles. The number of ketones is 1. The molecule has 0 saturated heterocycles. The lowest BCUT2D eigenvalue weighted by Gasteiger charge is -2.09. The van der Waals surface area contributed by atoms with Crippen LogP contribution in [-0.4, -0.2) is 24.8 Å². The average Bonchev–Trinajstić information content (AvgIpc) is 3.19. The summed E-state index contributed by atoms with van der Waals surface area (Å²) in [4.78, 5) is 24.8. The van der Waals surface area contributed by atoms with Crippen molar-refractivity contribution in [3.05, 3.63) is 76.4 Å². The van der Waals surface area contributed by atoms with Gasteiger partial charge < -0.3 is 21.5 Å². The molecular weight excluding hydrogens is 410 g/mol. The molecule has 1 amide bonds. The third-order valence-corrected chi connectivity index (χ3v) is 5.19. The van der Waals surface area contributed by atoms with Crippen molar-refractivity contribution >= 4 is 34.6 Å². The highest BCUT2D eigenvalue weighted by atomic mass is 35.5. The summed E-state index contributed by atoms with van der Waals surface area (Å²) in [7, 11) is 0. The van der Waals surface area contributed by atoms with Crippen molar-refractivity contribution in [2.75, 3.05) is 13.2 Å². The molecule has 0 aliphatic carbocycles. The second-order valence-electron chi connectivity index (χ2n) is 5.89. The first-order chi connectivity index (χ1) is 13.9. The van der Waals surface area contributed by atoms with E-state index in [0.29, 0.717) is 27.9 Å². The summed E-state index contributed by atoms with van der Waals surface area (Å²) in [6.07, 6.45) is 7.30. The van der Waals surface area contributed by atoms with Crippen molar-refractivity contribution in [1.29, 1.82) is 0 Å². The van der Waals surface area contributed by atoms with Crippen LogP contribution in [0.5, 0.6) is 5.75 Å². The van der Waals surface area contributed by atoms with Gasteiger partial charge in [-0.3, -0.25) is 9.59 Å². The normalized spacial score (nSPS) is 11.9. The second kappa shape index (κ2) is 11.1. The van der Waals surface area contributed by atoms with Gasteiger partial charge in [-0.1, -0.05) is 11.6 Å². The number of benzene rings is 1. The molecule has 0 bridgehead atoms. The van der Waals surface area contributed by atoms with Crippen LogP contribution < -0.4 is 21.5 Å². The van der Waals surface area contributed by atoms with Gasteiger partial charge in [0.05, 0.1) is 16.4 Å². The molecule has 8 heteroatoms. The summed E-state index contributed by atoms with van der Waals surface area (Å²) in [5.74, 6) is 0.265. The van der Waals surface area contributed by atoms with E-state index in [-0.39, 0.29) is 18.3 Å². The second-order valence-corrected chi connectivity index (χ2v) is 7.38. The van der Waals surface area contributed by atoms with Crippen LogP contribution in [0.2, 0.25) is 5.02 Å². The van der Waals surface area contributed by atoms with E-state index >= 15 is 0 Å². The summed E-state index contributed by atoms with van der Waals surface area (Å²) >= 11 is 7.71. The topological polar surface area (TPSA) is 107 Å². The van der Waals surface area contributed by atoms with Crippen molar-refractivity contribution < 1.29 is 14.3 Å². The Morgan fingerprint density at radius 3 is 2.69 bits per heavy atom. The molecule has 0 unspecified atom stereocenters. The van der Waals surface area contributed by atoms with E-state index in [0.717, 1.165) is 10.4 Å². The third kappa shape index (κ3) is 7.14. The van der Waals surface area contributed by atoms with Crippen molar-refractivity contribution in [2.24, 2.45) is 11.5 Å². The smallest absolute Gasteiger partial charge is 0.244 e. The van der Waals surface area contributed by atoms with Gasteiger partial charge in [0.2, 0.25) is 5.91 Å². The van der Waals surface area contributed by atoms with Gasteiger partial charge in [-0.2, -0.15) is 0 Å². The zero-order valence-corrected chi connectivity index (χ0v) is 17.4. The number of nitrogens with two attached hydrogens (primary N) is 2. The monoisotopic (exact) mass is 431 g/mol. The van der Waals surface area contributed by atoms with E-state index in [9.17, 15) is 9.59 Å². The van der Waals surface area contributed by atoms with Gasteiger partial charge in [0.25, 0.3) is 0 Å². The molecule has 0 aliphatic rings. The van der Waals surface area contributed by atoms with Crippen LogP contribution in [-0.2, 0) is 4.79 Å². The number of allylic oxidation sites excluding steroid dienone is 3. The van der Waals surface area contributed by atoms with E-state index < -0.39 is 0 Å². The lowest BCUT2D eigenvalue weighted by atomic mass is 10.2. The highest BCUT2D eigenvalue weighted by Gasteiger charge is 2.09. The minimum atomic E-state index is -0.290. The standard InChI is InChI=1S/C21H22ClN3O3S/c1-14(26)19-7-8-20(29-19)15-4-6-18(17(22)13-15)28-12-11-25-21(27)9-5-16(24)3-2-10-23/h2-10,13H,11-12,23-24H2,1H3,(H,25,27)/b9-5+,10-2-,16-3-. The maximum Gasteiger partial charge on any atom is 0.244 e. The molecule has 2 rings (SSSR count). The lowest BCUT2D eigenvalue weighted by molar-refractivity contribution is -0.116. The number of nitrogens with one attached hydrogen (secondary N) is 1. The van der Waals surface area contributed by atoms with E-state index in [1.165, 1.54) is 29.7 Å². The van der Waals surface area contributed by atoms with Crippen LogP contribution >= 0.6 is 22.9 Å². The molecule has 1 aromatic heterocycles. The van der Waals surface area contributed by atoms with Crippen LogP contribution in [0.3, 0.4) is 0 Å². The number of Topliss-reactive ketones (excluding diaryl/α,β-unsaturated/α-hetero) is 1. The number of hydrogen-bond donors (Lipinski definition) is 3. The van der Waals surface area contributed by atoms with Gasteiger partial charge in [-0.05, 0) is 67.2 Å². The first kappa shape index (κ1) is 22.3. The van der Waals surface area contributed by atoms with Gasteiger partial charge in [0.1, 0.15) is 12.4 Å². The fourth-order valence-corrected chi connectivity index (χ4v) is 3.37. The number of rotatable bonds is 9. The Morgan fingerprint density at radius 2 is 2.03 bits per heavy atom. The number of halogens is 1. The van der Waals surface area contributed by atoms with E-state index in [1.54, 1.807) is 37.3 Å². The largest absolute Gasteiger partial charge is 0.490 e. The Labute approximate surface area is 178 Å². The number of carbonyl (C=O) groups excluding carboxylic acids is 2. The molecule has 0 aliphatic heterocycles. The maximum atomic E-state index is 11.7. The Balaban J connectivity index is 1.84. The molecule has 0 spiro atoms. The first-order valence-corrected chi connectivity index (χ1v) is 9.93. The summed E-state index contributed by atoms with van der Waals surface area (Å²) in [6.45, 7) is 2.10. The van der Waals surface area contributed by atoms with Crippen LogP contribution in [0.15, 0.2) is 66.5 Å². The zero-order valence-electron chi connectivity index (χ0n) is 15.9. The molecular formula is C21H22ClN3O3S. The molecule has 6 nitrogen and oxygen atoms in total. The van der Waals surface area contributed by atoms with Gasteiger partial charge in [-0.15, -0.1) is 11.3 Å². The molecule has 1 aromatic carbocycles. The predicted molar refractivity (Wildman–Crippen MR) is 118 cm³/mol. The van der Waals surface area contributed by atoms with Gasteiger partial charge in [0.15, 0.2) is 5.78 Å². The Bertz CT molecular complexity index is 964. The Hall–Kier alpha value is -3.03. The Morgan fingerprint density at radius 1 is 1.24 bits per heavy atom. The van der Waals surface area contributed by atoms with Gasteiger partial charge >= 0.3 is 0 Å². The number of ether oxygens (including phenoxy) is 1. The number of thiophene rings is 1. The van der Waals surface area contributed by atoms with Crippen LogP contribution in [0.25, 0.3) is 10.4 Å². The molecule has 152 valence electrons. The summed E-state index contributed by atoms with van der Waals surface area (Å²) < 4.78 is 5.62. The van der Waals surface area contributed by atoms with E-state index in [1.807, 2.05) is 12.1 Å².